The van der Waals surface area contributed by atoms with Crippen molar-refractivity contribution in [2.75, 3.05) is 0 Å². The van der Waals surface area contributed by atoms with Gasteiger partial charge >= 0.3 is 0 Å². The number of hydrogen-bond donors (Lipinski definition) is 0. The van der Waals surface area contributed by atoms with Gasteiger partial charge in [-0.3, -0.25) is 0 Å². The van der Waals surface area contributed by atoms with Crippen molar-refractivity contribution in [2.24, 2.45) is 0 Å². The fraction of sp³-hybridized carbons (Fsp3) is 0.167. The lowest BCUT2D eigenvalue weighted by Crippen LogP contribution is -1.72. The average Bonchev–Trinajstić information content (AvgIpc) is 2.33. The number of alkyl halides is 1. The van der Waals surface area contributed by atoms with E-state index in [1.54, 1.807) is 11.3 Å². The highest BCUT2D eigenvalue weighted by Crippen LogP contribution is 2.18. The summed E-state index contributed by atoms with van der Waals surface area (Å²) in [7, 11) is 0. The number of halogens is 1. The Hall–Kier alpha value is -0.330. The molecule has 0 spiro atoms. The molecule has 3 heteroatoms. The van der Waals surface area contributed by atoms with Crippen molar-refractivity contribution in [1.29, 1.82) is 5.26 Å². The summed E-state index contributed by atoms with van der Waals surface area (Å²) < 4.78 is 0. The van der Waals surface area contributed by atoms with E-state index in [9.17, 15) is 0 Å². The van der Waals surface area contributed by atoms with Gasteiger partial charge in [0.1, 0.15) is 6.07 Å². The van der Waals surface area contributed by atoms with Gasteiger partial charge in [0.25, 0.3) is 0 Å². The third-order valence-corrected chi connectivity index (χ3v) is 2.84. The Bertz CT molecular complexity index is 235. The highest BCUT2D eigenvalue weighted by atomic mass is 79.9. The first-order chi connectivity index (χ1) is 4.38. The number of nitriles is 1. The van der Waals surface area contributed by atoms with E-state index in [4.69, 9.17) is 5.26 Å². The molecule has 0 aromatic carbocycles. The lowest BCUT2D eigenvalue weighted by molar-refractivity contribution is 1.46. The molecule has 1 aromatic heterocycles. The zero-order chi connectivity index (χ0) is 6.69. The van der Waals surface area contributed by atoms with E-state index in [0.29, 0.717) is 0 Å². The van der Waals surface area contributed by atoms with Crippen LogP contribution in [0.5, 0.6) is 0 Å². The van der Waals surface area contributed by atoms with Crippen LogP contribution in [0.4, 0.5) is 0 Å². The SMILES string of the molecule is N#Cc1ccsc1CBr. The highest BCUT2D eigenvalue weighted by molar-refractivity contribution is 9.08. The molecule has 1 heterocycles. The van der Waals surface area contributed by atoms with Crippen LogP contribution in [-0.4, -0.2) is 0 Å². The van der Waals surface area contributed by atoms with Gasteiger partial charge in [0, 0.05) is 10.2 Å². The summed E-state index contributed by atoms with van der Waals surface area (Å²) in [6, 6.07) is 3.94. The van der Waals surface area contributed by atoms with Crippen LogP contribution in [-0.2, 0) is 5.33 Å². The molecule has 9 heavy (non-hydrogen) atoms. The van der Waals surface area contributed by atoms with Crippen LogP contribution < -0.4 is 0 Å². The number of nitrogens with zero attached hydrogens (tertiary/aromatic N) is 1. The zero-order valence-corrected chi connectivity index (χ0v) is 7.00. The Labute approximate surface area is 66.1 Å². The van der Waals surface area contributed by atoms with E-state index in [1.165, 1.54) is 0 Å². The first kappa shape index (κ1) is 6.79. The van der Waals surface area contributed by atoms with Crippen molar-refractivity contribution in [3.05, 3.63) is 21.9 Å². The normalized spacial score (nSPS) is 8.89. The summed E-state index contributed by atoms with van der Waals surface area (Å²) >= 11 is 4.89. The lowest BCUT2D eigenvalue weighted by atomic mass is 10.3. The summed E-state index contributed by atoms with van der Waals surface area (Å²) in [5, 5.41) is 11.2. The van der Waals surface area contributed by atoms with Crippen LogP contribution in [0, 0.1) is 11.3 Å². The second-order valence-electron chi connectivity index (χ2n) is 1.50. The van der Waals surface area contributed by atoms with Gasteiger partial charge in [-0.1, -0.05) is 15.9 Å². The minimum Gasteiger partial charge on any atom is -0.192 e. The second-order valence-corrected chi connectivity index (χ2v) is 3.06. The molecule has 0 amide bonds. The Morgan fingerprint density at radius 3 is 3.00 bits per heavy atom. The maximum atomic E-state index is 8.47. The van der Waals surface area contributed by atoms with Crippen LogP contribution >= 0.6 is 27.3 Å². The minimum atomic E-state index is 0.785. The third kappa shape index (κ3) is 1.32. The first-order valence-electron chi connectivity index (χ1n) is 2.41. The maximum Gasteiger partial charge on any atom is 0.100 e. The molecule has 0 aliphatic heterocycles. The summed E-state index contributed by atoms with van der Waals surface area (Å²) in [4.78, 5) is 1.11. The zero-order valence-electron chi connectivity index (χ0n) is 4.60. The number of thiophene rings is 1. The molecule has 0 N–H and O–H groups in total. The van der Waals surface area contributed by atoms with E-state index in [0.717, 1.165) is 15.8 Å². The molecule has 0 unspecified atom stereocenters. The summed E-state index contributed by atoms with van der Waals surface area (Å²) in [6.07, 6.45) is 0. The van der Waals surface area contributed by atoms with Crippen molar-refractivity contribution in [3.8, 4) is 6.07 Å². The van der Waals surface area contributed by atoms with Gasteiger partial charge in [0.05, 0.1) is 5.56 Å². The average molecular weight is 202 g/mol. The van der Waals surface area contributed by atoms with Gasteiger partial charge in [-0.2, -0.15) is 5.26 Å². The van der Waals surface area contributed by atoms with Gasteiger partial charge < -0.3 is 0 Å². The van der Waals surface area contributed by atoms with Crippen molar-refractivity contribution in [2.45, 2.75) is 5.33 Å². The highest BCUT2D eigenvalue weighted by Gasteiger charge is 1.98. The topological polar surface area (TPSA) is 23.8 Å². The molecule has 0 saturated carbocycles. The van der Waals surface area contributed by atoms with Crippen LogP contribution in [0.2, 0.25) is 0 Å². The number of hydrogen-bond acceptors (Lipinski definition) is 2. The molecule has 1 rings (SSSR count). The Morgan fingerprint density at radius 1 is 1.78 bits per heavy atom. The van der Waals surface area contributed by atoms with Gasteiger partial charge in [0.15, 0.2) is 0 Å². The molecule has 0 aliphatic rings. The summed E-state index contributed by atoms with van der Waals surface area (Å²) in [6.45, 7) is 0. The molecule has 0 radical (unpaired) electrons. The van der Waals surface area contributed by atoms with Crippen LogP contribution in [0.25, 0.3) is 0 Å². The molecule has 0 saturated heterocycles. The van der Waals surface area contributed by atoms with Crippen molar-refractivity contribution >= 4 is 27.3 Å². The second kappa shape index (κ2) is 3.00. The Balaban J connectivity index is 3.02. The van der Waals surface area contributed by atoms with Crippen molar-refractivity contribution in [3.63, 3.8) is 0 Å². The van der Waals surface area contributed by atoms with E-state index in [2.05, 4.69) is 22.0 Å². The molecule has 0 aliphatic carbocycles. The van der Waals surface area contributed by atoms with Gasteiger partial charge in [-0.15, -0.1) is 11.3 Å². The van der Waals surface area contributed by atoms with Crippen LogP contribution in [0.1, 0.15) is 10.4 Å². The lowest BCUT2D eigenvalue weighted by Gasteiger charge is -1.83. The first-order valence-corrected chi connectivity index (χ1v) is 4.41. The molecule has 0 atom stereocenters. The van der Waals surface area contributed by atoms with Crippen molar-refractivity contribution in [1.82, 2.24) is 0 Å². The van der Waals surface area contributed by atoms with Gasteiger partial charge in [-0.05, 0) is 11.4 Å². The number of rotatable bonds is 1. The maximum absolute atomic E-state index is 8.47. The van der Waals surface area contributed by atoms with Crippen molar-refractivity contribution < 1.29 is 0 Å². The largest absolute Gasteiger partial charge is 0.192 e. The van der Waals surface area contributed by atoms with E-state index < -0.39 is 0 Å². The fourth-order valence-electron chi connectivity index (χ4n) is 0.544. The Morgan fingerprint density at radius 2 is 2.56 bits per heavy atom. The van der Waals surface area contributed by atoms with Gasteiger partial charge in [-0.25, -0.2) is 0 Å². The van der Waals surface area contributed by atoms with Crippen LogP contribution in [0.3, 0.4) is 0 Å². The molecule has 0 bridgehead atoms. The molecule has 1 nitrogen and oxygen atoms in total. The monoisotopic (exact) mass is 201 g/mol. The molecule has 0 fully saturated rings. The standard InChI is InChI=1S/C6H4BrNS/c7-3-6-5(4-8)1-2-9-6/h1-2H,3H2. The summed E-state index contributed by atoms with van der Waals surface area (Å²) in [5.41, 5.74) is 0.789. The van der Waals surface area contributed by atoms with E-state index in [-0.39, 0.29) is 0 Å². The molecular weight excluding hydrogens is 198 g/mol. The predicted molar refractivity (Wildman–Crippen MR) is 41.7 cm³/mol. The van der Waals surface area contributed by atoms with Gasteiger partial charge in [0.2, 0.25) is 0 Å². The smallest absolute Gasteiger partial charge is 0.100 e. The summed E-state index contributed by atoms with van der Waals surface area (Å²) in [5.74, 6) is 0. The Kier molecular flexibility index (Phi) is 2.26. The molecular formula is C6H4BrNS. The third-order valence-electron chi connectivity index (χ3n) is 0.987. The predicted octanol–water partition coefficient (Wildman–Crippen LogP) is 2.51. The molecule has 46 valence electrons. The van der Waals surface area contributed by atoms with E-state index >= 15 is 0 Å². The minimum absolute atomic E-state index is 0.785. The van der Waals surface area contributed by atoms with Crippen LogP contribution in [0.15, 0.2) is 11.4 Å². The fourth-order valence-corrected chi connectivity index (χ4v) is 1.91. The van der Waals surface area contributed by atoms with E-state index in [1.807, 2.05) is 11.4 Å². The quantitative estimate of drug-likeness (QED) is 0.642. The molecule has 1 aromatic rings.